The van der Waals surface area contributed by atoms with Gasteiger partial charge in [0.2, 0.25) is 0 Å². The molecule has 1 aromatic rings. The smallest absolute Gasteiger partial charge is 0.263 e. The first kappa shape index (κ1) is 18.5. The molecule has 1 rings (SSSR count). The maximum Gasteiger partial charge on any atom is 0.263 e. The highest BCUT2D eigenvalue weighted by Crippen LogP contribution is 2.29. The van der Waals surface area contributed by atoms with Crippen molar-refractivity contribution >= 4 is 37.0 Å². The number of aryl methyl sites for hydroxylation is 1. The topological polar surface area (TPSA) is 54.5 Å². The largest absolute Gasteiger partial charge is 0.337 e. The Hall–Kier alpha value is -0.590. The van der Waals surface area contributed by atoms with Crippen LogP contribution in [0.4, 0.5) is 0 Å². The Morgan fingerprint density at radius 1 is 1.24 bits per heavy atom. The summed E-state index contributed by atoms with van der Waals surface area (Å²) in [5.41, 5.74) is 0. The van der Waals surface area contributed by atoms with Crippen molar-refractivity contribution in [3.05, 3.63) is 15.8 Å². The molecule has 0 bridgehead atoms. The van der Waals surface area contributed by atoms with Crippen LogP contribution in [0, 0.1) is 18.8 Å². The van der Waals surface area contributed by atoms with E-state index in [1.165, 1.54) is 17.4 Å². The van der Waals surface area contributed by atoms with Crippen LogP contribution in [0.3, 0.4) is 0 Å². The molecule has 0 aliphatic rings. The Kier molecular flexibility index (Phi) is 6.25. The molecule has 0 aromatic carbocycles. The van der Waals surface area contributed by atoms with Gasteiger partial charge >= 0.3 is 0 Å². The lowest BCUT2D eigenvalue weighted by Gasteiger charge is -2.25. The summed E-state index contributed by atoms with van der Waals surface area (Å²) < 4.78 is 22.9. The zero-order valence-electron chi connectivity index (χ0n) is 13.0. The summed E-state index contributed by atoms with van der Waals surface area (Å²) in [6, 6.07) is 1.39. The van der Waals surface area contributed by atoms with Crippen LogP contribution < -0.4 is 0 Å². The van der Waals surface area contributed by atoms with Crippen LogP contribution in [0.5, 0.6) is 0 Å². The van der Waals surface area contributed by atoms with E-state index in [0.717, 1.165) is 0 Å². The molecule has 0 radical (unpaired) electrons. The van der Waals surface area contributed by atoms with E-state index >= 15 is 0 Å². The van der Waals surface area contributed by atoms with E-state index in [0.29, 0.717) is 34.7 Å². The number of nitrogens with zero attached hydrogens (tertiary/aromatic N) is 1. The molecule has 0 aliphatic carbocycles. The van der Waals surface area contributed by atoms with Crippen LogP contribution in [0.1, 0.15) is 42.2 Å². The molecular formula is C14H22ClNO3S2. The molecule has 0 saturated carbocycles. The summed E-state index contributed by atoms with van der Waals surface area (Å²) in [6.45, 7) is 11.2. The van der Waals surface area contributed by atoms with Crippen molar-refractivity contribution in [3.8, 4) is 0 Å². The zero-order chi connectivity index (χ0) is 16.4. The van der Waals surface area contributed by atoms with Gasteiger partial charge in [-0.1, -0.05) is 27.7 Å². The molecule has 4 nitrogen and oxygen atoms in total. The first-order valence-corrected chi connectivity index (χ1v) is 9.99. The molecule has 0 N–H and O–H groups in total. The number of thiophene rings is 1. The Morgan fingerprint density at radius 3 is 2.05 bits per heavy atom. The summed E-state index contributed by atoms with van der Waals surface area (Å²) in [4.78, 5) is 15.4. The molecule has 0 saturated heterocycles. The fourth-order valence-electron chi connectivity index (χ4n) is 2.09. The van der Waals surface area contributed by atoms with Gasteiger partial charge < -0.3 is 4.90 Å². The fourth-order valence-corrected chi connectivity index (χ4v) is 4.72. The van der Waals surface area contributed by atoms with Gasteiger partial charge in [-0.05, 0) is 24.8 Å². The number of rotatable bonds is 6. The molecule has 21 heavy (non-hydrogen) atoms. The lowest BCUT2D eigenvalue weighted by atomic mass is 10.1. The number of amides is 1. The Labute approximate surface area is 135 Å². The second kappa shape index (κ2) is 7.11. The van der Waals surface area contributed by atoms with Crippen molar-refractivity contribution < 1.29 is 13.2 Å². The van der Waals surface area contributed by atoms with E-state index in [9.17, 15) is 13.2 Å². The van der Waals surface area contributed by atoms with E-state index in [2.05, 4.69) is 27.7 Å². The second-order valence-corrected chi connectivity index (χ2v) is 9.76. The molecule has 120 valence electrons. The van der Waals surface area contributed by atoms with Crippen molar-refractivity contribution in [1.29, 1.82) is 0 Å². The highest BCUT2D eigenvalue weighted by Gasteiger charge is 2.24. The fraction of sp³-hybridized carbons (Fsp3) is 0.643. The second-order valence-electron chi connectivity index (χ2n) is 5.97. The monoisotopic (exact) mass is 351 g/mol. The molecule has 0 aliphatic heterocycles. The van der Waals surface area contributed by atoms with Crippen LogP contribution in [-0.4, -0.2) is 32.3 Å². The maximum absolute atomic E-state index is 12.6. The molecule has 0 spiro atoms. The molecule has 1 aromatic heterocycles. The predicted octanol–water partition coefficient (Wildman–Crippen LogP) is 3.74. The SMILES string of the molecule is Cc1sc(C(=O)N(CC(C)C)CC(C)C)cc1S(=O)(=O)Cl. The number of hydrogen-bond donors (Lipinski definition) is 0. The summed E-state index contributed by atoms with van der Waals surface area (Å²) in [6.07, 6.45) is 0. The van der Waals surface area contributed by atoms with Gasteiger partial charge in [0.15, 0.2) is 0 Å². The van der Waals surface area contributed by atoms with Gasteiger partial charge in [0.05, 0.1) is 9.77 Å². The minimum absolute atomic E-state index is 0.0339. The summed E-state index contributed by atoms with van der Waals surface area (Å²) in [5, 5.41) is 0. The first-order chi connectivity index (χ1) is 9.52. The molecule has 1 heterocycles. The van der Waals surface area contributed by atoms with Crippen molar-refractivity contribution in [2.75, 3.05) is 13.1 Å². The molecule has 0 atom stereocenters. The van der Waals surface area contributed by atoms with Crippen LogP contribution in [0.2, 0.25) is 0 Å². The van der Waals surface area contributed by atoms with Gasteiger partial charge in [-0.25, -0.2) is 8.42 Å². The number of hydrogen-bond acceptors (Lipinski definition) is 4. The predicted molar refractivity (Wildman–Crippen MR) is 87.7 cm³/mol. The van der Waals surface area contributed by atoms with Crippen LogP contribution >= 0.6 is 22.0 Å². The van der Waals surface area contributed by atoms with Gasteiger partial charge in [0, 0.05) is 28.6 Å². The van der Waals surface area contributed by atoms with E-state index in [1.54, 1.807) is 11.8 Å². The third-order valence-corrected chi connectivity index (χ3v) is 5.42. The van der Waals surface area contributed by atoms with Crippen LogP contribution in [0.15, 0.2) is 11.0 Å². The van der Waals surface area contributed by atoms with Crippen LogP contribution in [0.25, 0.3) is 0 Å². The zero-order valence-corrected chi connectivity index (χ0v) is 15.4. The summed E-state index contributed by atoms with van der Waals surface area (Å²) >= 11 is 1.18. The van der Waals surface area contributed by atoms with Gasteiger partial charge in [0.1, 0.15) is 0 Å². The third kappa shape index (κ3) is 5.27. The lowest BCUT2D eigenvalue weighted by Crippen LogP contribution is -2.36. The van der Waals surface area contributed by atoms with E-state index in [1.807, 2.05) is 0 Å². The Morgan fingerprint density at radius 2 is 1.71 bits per heavy atom. The Balaban J connectivity index is 3.09. The van der Waals surface area contributed by atoms with E-state index in [4.69, 9.17) is 10.7 Å². The number of halogens is 1. The average Bonchev–Trinajstić information content (AvgIpc) is 2.68. The highest BCUT2D eigenvalue weighted by atomic mass is 35.7. The minimum atomic E-state index is -3.81. The summed E-state index contributed by atoms with van der Waals surface area (Å²) in [7, 11) is 1.58. The molecule has 1 amide bonds. The standard InChI is InChI=1S/C14H22ClNO3S2/c1-9(2)7-16(8-10(3)4)14(17)12-6-13(11(5)20-12)21(15,18)19/h6,9-10H,7-8H2,1-5H3. The van der Waals surface area contributed by atoms with Crippen molar-refractivity contribution in [2.24, 2.45) is 11.8 Å². The lowest BCUT2D eigenvalue weighted by molar-refractivity contribution is 0.0720. The average molecular weight is 352 g/mol. The van der Waals surface area contributed by atoms with Gasteiger partial charge in [-0.15, -0.1) is 11.3 Å². The summed E-state index contributed by atoms with van der Waals surface area (Å²) in [5.74, 6) is 0.576. The van der Waals surface area contributed by atoms with Crippen molar-refractivity contribution in [1.82, 2.24) is 4.90 Å². The minimum Gasteiger partial charge on any atom is -0.337 e. The normalized spacial score (nSPS) is 12.2. The number of carbonyl (C=O) groups is 1. The highest BCUT2D eigenvalue weighted by molar-refractivity contribution is 8.13. The van der Waals surface area contributed by atoms with Gasteiger partial charge in [0.25, 0.3) is 15.0 Å². The van der Waals surface area contributed by atoms with E-state index in [-0.39, 0.29) is 10.8 Å². The van der Waals surface area contributed by atoms with Crippen LogP contribution in [-0.2, 0) is 9.05 Å². The Bertz CT molecular complexity index is 596. The van der Waals surface area contributed by atoms with Crippen molar-refractivity contribution in [2.45, 2.75) is 39.5 Å². The first-order valence-electron chi connectivity index (χ1n) is 6.86. The van der Waals surface area contributed by atoms with Crippen molar-refractivity contribution in [3.63, 3.8) is 0 Å². The molecule has 0 unspecified atom stereocenters. The van der Waals surface area contributed by atoms with Gasteiger partial charge in [-0.2, -0.15) is 0 Å². The van der Waals surface area contributed by atoms with Gasteiger partial charge in [-0.3, -0.25) is 4.79 Å². The van der Waals surface area contributed by atoms with E-state index < -0.39 is 9.05 Å². The molecule has 7 heteroatoms. The maximum atomic E-state index is 12.6. The molecule has 0 fully saturated rings. The number of carbonyl (C=O) groups excluding carboxylic acids is 1. The molecular weight excluding hydrogens is 330 g/mol. The third-order valence-electron chi connectivity index (χ3n) is 2.80. The quantitative estimate of drug-likeness (QED) is 0.733.